The second-order valence-corrected chi connectivity index (χ2v) is 16.2. The van der Waals surface area contributed by atoms with E-state index in [-0.39, 0.29) is 43.6 Å². The number of carbonyl (C=O) groups excluding carboxylic acids is 2. The third-order valence-corrected chi connectivity index (χ3v) is 12.1. The first-order chi connectivity index (χ1) is 23.6. The molecule has 0 aromatic rings. The highest BCUT2D eigenvalue weighted by Gasteiger charge is 2.52. The SMILES string of the molecule is CC[C@H]1OC(=O)C[C@@H](OC2CC(C)(OC)C(C)C(O)O2)[C@H](C)[C@@H](O[C@@H]2O[C@H](C)C[C@H](N(C)C)[C@H]2O)[C@@](C)(OC)C[C@@H](C)C(=O)[C@H](C)[C@@H](O)[C@]1(C)O. The number of rotatable bonds is 8. The van der Waals surface area contributed by atoms with Gasteiger partial charge in [0.1, 0.15) is 23.6 Å². The van der Waals surface area contributed by atoms with Gasteiger partial charge in [-0.2, -0.15) is 0 Å². The van der Waals surface area contributed by atoms with Gasteiger partial charge in [-0.25, -0.2) is 0 Å². The summed E-state index contributed by atoms with van der Waals surface area (Å²) in [5.41, 5.74) is -4.03. The van der Waals surface area contributed by atoms with Crippen molar-refractivity contribution in [2.45, 2.75) is 173 Å². The Balaban J connectivity index is 2.17. The number of aliphatic hydroxyl groups excluding tert-OH is 3. The first-order valence-corrected chi connectivity index (χ1v) is 18.4. The lowest BCUT2D eigenvalue weighted by Crippen LogP contribution is -2.60. The average Bonchev–Trinajstić information content (AvgIpc) is 3.07. The highest BCUT2D eigenvalue weighted by atomic mass is 16.7. The van der Waals surface area contributed by atoms with Gasteiger partial charge in [0, 0.05) is 50.4 Å². The second-order valence-electron chi connectivity index (χ2n) is 16.2. The highest BCUT2D eigenvalue weighted by Crippen LogP contribution is 2.41. The maximum Gasteiger partial charge on any atom is 0.308 e. The van der Waals surface area contributed by atoms with Crippen molar-refractivity contribution in [2.75, 3.05) is 28.3 Å². The zero-order valence-electron chi connectivity index (χ0n) is 33.0. The molecule has 3 fully saturated rings. The Bertz CT molecular complexity index is 1160. The van der Waals surface area contributed by atoms with Gasteiger partial charge >= 0.3 is 5.97 Å². The van der Waals surface area contributed by atoms with Crippen molar-refractivity contribution in [3.63, 3.8) is 0 Å². The smallest absolute Gasteiger partial charge is 0.308 e. The first kappa shape index (κ1) is 44.1. The molecule has 0 spiro atoms. The molecular formula is C37H67NO13. The van der Waals surface area contributed by atoms with Crippen LogP contribution < -0.4 is 0 Å². The Morgan fingerprint density at radius 2 is 1.51 bits per heavy atom. The Labute approximate surface area is 304 Å². The van der Waals surface area contributed by atoms with Crippen molar-refractivity contribution in [1.82, 2.24) is 4.90 Å². The molecule has 3 rings (SSSR count). The number of aliphatic hydroxyl groups is 4. The molecule has 4 N–H and O–H groups in total. The van der Waals surface area contributed by atoms with Crippen LogP contribution in [-0.4, -0.2) is 144 Å². The fraction of sp³-hybridized carbons (Fsp3) is 0.946. The predicted octanol–water partition coefficient (Wildman–Crippen LogP) is 2.40. The van der Waals surface area contributed by atoms with E-state index in [1.165, 1.54) is 14.0 Å². The van der Waals surface area contributed by atoms with Crippen LogP contribution >= 0.6 is 0 Å². The summed E-state index contributed by atoms with van der Waals surface area (Å²) in [6, 6.07) is -0.282. The van der Waals surface area contributed by atoms with Crippen molar-refractivity contribution in [3.8, 4) is 0 Å². The van der Waals surface area contributed by atoms with Crippen LogP contribution in [0.2, 0.25) is 0 Å². The zero-order valence-corrected chi connectivity index (χ0v) is 33.0. The number of ether oxygens (including phenoxy) is 7. The molecule has 51 heavy (non-hydrogen) atoms. The Morgan fingerprint density at radius 1 is 0.902 bits per heavy atom. The summed E-state index contributed by atoms with van der Waals surface area (Å²) in [6.45, 7) is 15.5. The predicted molar refractivity (Wildman–Crippen MR) is 186 cm³/mol. The summed E-state index contributed by atoms with van der Waals surface area (Å²) >= 11 is 0. The lowest BCUT2D eigenvalue weighted by atomic mass is 9.74. The number of carbonyl (C=O) groups is 2. The van der Waals surface area contributed by atoms with Crippen molar-refractivity contribution in [1.29, 1.82) is 0 Å². The number of hydrogen-bond acceptors (Lipinski definition) is 14. The van der Waals surface area contributed by atoms with Gasteiger partial charge in [-0.05, 0) is 61.1 Å². The summed E-state index contributed by atoms with van der Waals surface area (Å²) in [4.78, 5) is 29.7. The van der Waals surface area contributed by atoms with Gasteiger partial charge in [0.05, 0.1) is 42.0 Å². The third kappa shape index (κ3) is 9.69. The molecule has 17 atom stereocenters. The van der Waals surface area contributed by atoms with E-state index < -0.39 is 95.8 Å². The standard InChI is InChI=1S/C37H67NO13/c1-14-26-37(9,44)31(42)22(5)29(40)19(2)17-36(8,46-13)32(51-34-30(41)24(38(10)11)15-20(3)47-34)21(4)25(16-27(39)49-26)48-28-18-35(7,45-12)23(6)33(43)50-28/h19-26,28,30-34,41-44H,14-18H2,1-13H3/t19-,20-,21+,22+,23?,24+,25-,26-,28?,30-,31-,32-,33?,34+,35?,36+,37-/m1/s1. The normalized spacial score (nSPS) is 48.3. The molecule has 0 aromatic carbocycles. The molecule has 0 saturated carbocycles. The number of ketones is 1. The average molecular weight is 734 g/mol. The van der Waals surface area contributed by atoms with Crippen LogP contribution in [-0.2, 0) is 42.7 Å². The minimum atomic E-state index is -1.96. The molecular weight excluding hydrogens is 666 g/mol. The molecule has 14 heteroatoms. The summed E-state index contributed by atoms with van der Waals surface area (Å²) < 4.78 is 43.3. The number of cyclic esters (lactones) is 1. The fourth-order valence-corrected chi connectivity index (χ4v) is 8.17. The fourth-order valence-electron chi connectivity index (χ4n) is 8.17. The van der Waals surface area contributed by atoms with E-state index in [1.54, 1.807) is 34.8 Å². The van der Waals surface area contributed by atoms with Crippen LogP contribution in [0.4, 0.5) is 0 Å². The topological polar surface area (TPSA) is 183 Å². The minimum absolute atomic E-state index is 0.109. The number of likely N-dealkylation sites (N-methyl/N-ethyl adjacent to an activating group) is 1. The van der Waals surface area contributed by atoms with E-state index >= 15 is 0 Å². The van der Waals surface area contributed by atoms with E-state index in [2.05, 4.69) is 0 Å². The quantitative estimate of drug-likeness (QED) is 0.267. The third-order valence-electron chi connectivity index (χ3n) is 12.1. The van der Waals surface area contributed by atoms with Gasteiger partial charge in [0.15, 0.2) is 18.9 Å². The van der Waals surface area contributed by atoms with Gasteiger partial charge in [-0.3, -0.25) is 9.59 Å². The summed E-state index contributed by atoms with van der Waals surface area (Å²) in [5, 5.41) is 45.3. The Morgan fingerprint density at radius 3 is 2.06 bits per heavy atom. The monoisotopic (exact) mass is 733 g/mol. The van der Waals surface area contributed by atoms with Crippen LogP contribution in [0.15, 0.2) is 0 Å². The maximum atomic E-state index is 13.9. The number of hydrogen-bond donors (Lipinski definition) is 4. The summed E-state index contributed by atoms with van der Waals surface area (Å²) in [5.74, 6) is -3.86. The highest BCUT2D eigenvalue weighted by molar-refractivity contribution is 5.83. The molecule has 0 aliphatic carbocycles. The Hall–Kier alpha value is -1.30. The van der Waals surface area contributed by atoms with Crippen LogP contribution in [0, 0.1) is 23.7 Å². The molecule has 3 saturated heterocycles. The van der Waals surface area contributed by atoms with Crippen LogP contribution in [0.3, 0.4) is 0 Å². The largest absolute Gasteiger partial charge is 0.459 e. The lowest BCUT2D eigenvalue weighted by molar-refractivity contribution is -0.334. The summed E-state index contributed by atoms with van der Waals surface area (Å²) in [6.07, 6.45) is -8.61. The Kier molecular flexibility index (Phi) is 15.1. The molecule has 3 aliphatic heterocycles. The molecule has 4 unspecified atom stereocenters. The van der Waals surface area contributed by atoms with E-state index in [0.29, 0.717) is 6.42 Å². The van der Waals surface area contributed by atoms with Gasteiger partial charge in [-0.15, -0.1) is 0 Å². The molecule has 0 radical (unpaired) electrons. The number of nitrogens with zero attached hydrogens (tertiary/aromatic N) is 1. The van der Waals surface area contributed by atoms with Crippen molar-refractivity contribution >= 4 is 11.8 Å². The lowest BCUT2D eigenvalue weighted by Gasteiger charge is -2.49. The van der Waals surface area contributed by atoms with E-state index in [1.807, 2.05) is 46.7 Å². The van der Waals surface area contributed by atoms with Crippen molar-refractivity contribution in [2.24, 2.45) is 23.7 Å². The number of Topliss-reactive ketones (excluding diaryl/α,β-unsaturated/α-hetero) is 1. The van der Waals surface area contributed by atoms with Gasteiger partial charge in [0.25, 0.3) is 0 Å². The number of esters is 1. The molecule has 3 heterocycles. The zero-order chi connectivity index (χ0) is 38.8. The van der Waals surface area contributed by atoms with Gasteiger partial charge < -0.3 is 58.5 Å². The summed E-state index contributed by atoms with van der Waals surface area (Å²) in [7, 11) is 6.79. The van der Waals surface area contributed by atoms with E-state index in [4.69, 9.17) is 33.2 Å². The second kappa shape index (κ2) is 17.4. The molecule has 0 amide bonds. The van der Waals surface area contributed by atoms with E-state index in [0.717, 1.165) is 0 Å². The van der Waals surface area contributed by atoms with Crippen molar-refractivity contribution in [3.05, 3.63) is 0 Å². The molecule has 0 bridgehead atoms. The maximum absolute atomic E-state index is 13.9. The number of methoxy groups -OCH3 is 2. The molecule has 3 aliphatic rings. The van der Waals surface area contributed by atoms with Crippen molar-refractivity contribution < 1.29 is 63.2 Å². The van der Waals surface area contributed by atoms with E-state index in [9.17, 15) is 30.0 Å². The van der Waals surface area contributed by atoms with Gasteiger partial charge in [-0.1, -0.05) is 34.6 Å². The van der Waals surface area contributed by atoms with Gasteiger partial charge in [0.2, 0.25) is 0 Å². The first-order valence-electron chi connectivity index (χ1n) is 18.4. The molecule has 14 nitrogen and oxygen atoms in total. The van der Waals surface area contributed by atoms with Crippen LogP contribution in [0.25, 0.3) is 0 Å². The van der Waals surface area contributed by atoms with Crippen LogP contribution in [0.1, 0.15) is 94.4 Å². The molecule has 298 valence electrons. The van der Waals surface area contributed by atoms with Crippen LogP contribution in [0.5, 0.6) is 0 Å². The molecule has 0 aromatic heterocycles. The minimum Gasteiger partial charge on any atom is -0.459 e.